The van der Waals surface area contributed by atoms with Gasteiger partial charge < -0.3 is 20.1 Å². The Balaban J connectivity index is 1.53. The lowest BCUT2D eigenvalue weighted by atomic mass is 10.1. The molecule has 7 nitrogen and oxygen atoms in total. The van der Waals surface area contributed by atoms with Crippen LogP contribution in [0.15, 0.2) is 30.6 Å². The van der Waals surface area contributed by atoms with Crippen LogP contribution in [-0.4, -0.2) is 42.7 Å². The number of amides is 1. The maximum absolute atomic E-state index is 12.4. The molecule has 1 aliphatic rings. The highest BCUT2D eigenvalue weighted by atomic mass is 16.5. The van der Waals surface area contributed by atoms with Gasteiger partial charge in [-0.25, -0.2) is 9.97 Å². The summed E-state index contributed by atoms with van der Waals surface area (Å²) in [4.78, 5) is 20.7. The van der Waals surface area contributed by atoms with Crippen molar-refractivity contribution in [2.45, 2.75) is 38.1 Å². The van der Waals surface area contributed by atoms with Crippen LogP contribution in [0, 0.1) is 0 Å². The molecule has 1 fully saturated rings. The van der Waals surface area contributed by atoms with Gasteiger partial charge in [0.05, 0.1) is 14.2 Å². The predicted octanol–water partition coefficient (Wildman–Crippen LogP) is 2.82. The number of carbonyl (C=O) groups is 1. The maximum atomic E-state index is 12.4. The van der Waals surface area contributed by atoms with E-state index in [9.17, 15) is 4.79 Å². The number of anilines is 1. The zero-order chi connectivity index (χ0) is 19.1. The van der Waals surface area contributed by atoms with E-state index in [0.717, 1.165) is 18.4 Å². The summed E-state index contributed by atoms with van der Waals surface area (Å²) in [6.07, 6.45) is 6.90. The molecule has 1 aliphatic carbocycles. The highest BCUT2D eigenvalue weighted by Gasteiger charge is 2.16. The van der Waals surface area contributed by atoms with Crippen LogP contribution in [0.25, 0.3) is 0 Å². The molecule has 0 aliphatic heterocycles. The molecule has 144 valence electrons. The normalized spacial score (nSPS) is 14.0. The second-order valence-electron chi connectivity index (χ2n) is 6.61. The summed E-state index contributed by atoms with van der Waals surface area (Å²) < 4.78 is 10.5. The second-order valence-corrected chi connectivity index (χ2v) is 6.61. The molecular weight excluding hydrogens is 344 g/mol. The van der Waals surface area contributed by atoms with Gasteiger partial charge in [0.1, 0.15) is 17.8 Å². The van der Waals surface area contributed by atoms with Gasteiger partial charge in [-0.3, -0.25) is 4.79 Å². The Hall–Kier alpha value is -2.83. The smallest absolute Gasteiger partial charge is 0.270 e. The average Bonchev–Trinajstić information content (AvgIpc) is 3.21. The molecule has 0 radical (unpaired) electrons. The second kappa shape index (κ2) is 9.21. The summed E-state index contributed by atoms with van der Waals surface area (Å²) in [6.45, 7) is 0.504. The standard InChI is InChI=1S/C20H26N4O3/c1-26-17-8-7-14(11-18(17)27-2)9-10-21-20(25)16-12-19(23-13-22-16)24-15-5-3-4-6-15/h7-8,11-13,15H,3-6,9-10H2,1-2H3,(H,21,25)(H,22,23,24). The highest BCUT2D eigenvalue weighted by Crippen LogP contribution is 2.27. The molecule has 7 heteroatoms. The van der Waals surface area contributed by atoms with E-state index in [-0.39, 0.29) is 5.91 Å². The number of rotatable bonds is 8. The van der Waals surface area contributed by atoms with Crippen molar-refractivity contribution >= 4 is 11.7 Å². The molecule has 0 unspecified atom stereocenters. The van der Waals surface area contributed by atoms with E-state index in [2.05, 4.69) is 20.6 Å². The molecule has 1 heterocycles. The number of benzene rings is 1. The fraction of sp³-hybridized carbons (Fsp3) is 0.450. The predicted molar refractivity (Wildman–Crippen MR) is 103 cm³/mol. The van der Waals surface area contributed by atoms with Crippen LogP contribution >= 0.6 is 0 Å². The molecule has 3 rings (SSSR count). The molecule has 1 aromatic heterocycles. The first-order valence-electron chi connectivity index (χ1n) is 9.27. The van der Waals surface area contributed by atoms with Crippen LogP contribution in [0.2, 0.25) is 0 Å². The third kappa shape index (κ3) is 5.09. The van der Waals surface area contributed by atoms with Gasteiger partial charge in [0.2, 0.25) is 0 Å². The Morgan fingerprint density at radius 3 is 2.63 bits per heavy atom. The summed E-state index contributed by atoms with van der Waals surface area (Å²) in [5.41, 5.74) is 1.43. The van der Waals surface area contributed by atoms with Crippen LogP contribution < -0.4 is 20.1 Å². The van der Waals surface area contributed by atoms with Crippen molar-refractivity contribution in [3.63, 3.8) is 0 Å². The van der Waals surface area contributed by atoms with E-state index in [4.69, 9.17) is 9.47 Å². The van der Waals surface area contributed by atoms with Crippen LogP contribution in [-0.2, 0) is 6.42 Å². The summed E-state index contributed by atoms with van der Waals surface area (Å²) in [5, 5.41) is 6.29. The van der Waals surface area contributed by atoms with Crippen LogP contribution in [0.5, 0.6) is 11.5 Å². The minimum atomic E-state index is -0.202. The van der Waals surface area contributed by atoms with Gasteiger partial charge in [0.15, 0.2) is 11.5 Å². The zero-order valence-corrected chi connectivity index (χ0v) is 15.8. The number of hydrogen-bond acceptors (Lipinski definition) is 6. The first kappa shape index (κ1) is 18.9. The Labute approximate surface area is 159 Å². The van der Waals surface area contributed by atoms with Crippen molar-refractivity contribution in [2.24, 2.45) is 0 Å². The first-order valence-corrected chi connectivity index (χ1v) is 9.27. The Morgan fingerprint density at radius 2 is 1.89 bits per heavy atom. The molecule has 27 heavy (non-hydrogen) atoms. The van der Waals surface area contributed by atoms with Crippen molar-refractivity contribution < 1.29 is 14.3 Å². The van der Waals surface area contributed by atoms with Crippen molar-refractivity contribution in [3.05, 3.63) is 41.9 Å². The molecule has 1 aromatic carbocycles. The molecule has 0 atom stereocenters. The average molecular weight is 370 g/mol. The number of hydrogen-bond donors (Lipinski definition) is 2. The molecule has 1 saturated carbocycles. The SMILES string of the molecule is COc1ccc(CCNC(=O)c2cc(NC3CCCC3)ncn2)cc1OC. The fourth-order valence-corrected chi connectivity index (χ4v) is 3.29. The topological polar surface area (TPSA) is 85.4 Å². The van der Waals surface area contributed by atoms with E-state index in [1.807, 2.05) is 18.2 Å². The van der Waals surface area contributed by atoms with Crippen molar-refractivity contribution in [1.29, 1.82) is 0 Å². The lowest BCUT2D eigenvalue weighted by molar-refractivity contribution is 0.0949. The first-order chi connectivity index (χ1) is 13.2. The van der Waals surface area contributed by atoms with Gasteiger partial charge in [0.25, 0.3) is 5.91 Å². The van der Waals surface area contributed by atoms with Gasteiger partial charge in [0, 0.05) is 18.7 Å². The number of nitrogens with zero attached hydrogens (tertiary/aromatic N) is 2. The maximum Gasteiger partial charge on any atom is 0.270 e. The van der Waals surface area contributed by atoms with Crippen LogP contribution in [0.3, 0.4) is 0 Å². The van der Waals surface area contributed by atoms with Gasteiger partial charge in [-0.1, -0.05) is 18.9 Å². The number of nitrogens with one attached hydrogen (secondary N) is 2. The quantitative estimate of drug-likeness (QED) is 0.743. The molecule has 0 spiro atoms. The van der Waals surface area contributed by atoms with Crippen LogP contribution in [0.4, 0.5) is 5.82 Å². The fourth-order valence-electron chi connectivity index (χ4n) is 3.29. The number of ether oxygens (including phenoxy) is 2. The lowest BCUT2D eigenvalue weighted by Gasteiger charge is -2.13. The van der Waals surface area contributed by atoms with Gasteiger partial charge in [-0.15, -0.1) is 0 Å². The van der Waals surface area contributed by atoms with Crippen molar-refractivity contribution in [2.75, 3.05) is 26.1 Å². The van der Waals surface area contributed by atoms with E-state index < -0.39 is 0 Å². The molecule has 1 amide bonds. The number of methoxy groups -OCH3 is 2. The number of carbonyl (C=O) groups excluding carboxylic acids is 1. The number of aromatic nitrogens is 2. The lowest BCUT2D eigenvalue weighted by Crippen LogP contribution is -2.27. The molecule has 0 bridgehead atoms. The van der Waals surface area contributed by atoms with Gasteiger partial charge in [-0.2, -0.15) is 0 Å². The van der Waals surface area contributed by atoms with Gasteiger partial charge in [-0.05, 0) is 37.0 Å². The molecular formula is C20H26N4O3. The van der Waals surface area contributed by atoms with Gasteiger partial charge >= 0.3 is 0 Å². The zero-order valence-electron chi connectivity index (χ0n) is 15.8. The van der Waals surface area contributed by atoms with E-state index >= 15 is 0 Å². The van der Waals surface area contributed by atoms with Crippen molar-refractivity contribution in [3.8, 4) is 11.5 Å². The largest absolute Gasteiger partial charge is 0.493 e. The minimum Gasteiger partial charge on any atom is -0.493 e. The molecule has 2 aromatic rings. The molecule has 2 N–H and O–H groups in total. The van der Waals surface area contributed by atoms with E-state index in [1.165, 1.54) is 19.2 Å². The Morgan fingerprint density at radius 1 is 1.11 bits per heavy atom. The van der Waals surface area contributed by atoms with E-state index in [1.54, 1.807) is 20.3 Å². The monoisotopic (exact) mass is 370 g/mol. The van der Waals surface area contributed by atoms with Crippen molar-refractivity contribution in [1.82, 2.24) is 15.3 Å². The Kier molecular flexibility index (Phi) is 6.46. The summed E-state index contributed by atoms with van der Waals surface area (Å²) in [6, 6.07) is 7.90. The third-order valence-electron chi connectivity index (χ3n) is 4.75. The molecule has 0 saturated heterocycles. The Bertz CT molecular complexity index is 776. The van der Waals surface area contributed by atoms with Crippen LogP contribution in [0.1, 0.15) is 41.7 Å². The highest BCUT2D eigenvalue weighted by molar-refractivity contribution is 5.92. The van der Waals surface area contributed by atoms with E-state index in [0.29, 0.717) is 42.0 Å². The summed E-state index contributed by atoms with van der Waals surface area (Å²) in [7, 11) is 3.21. The summed E-state index contributed by atoms with van der Waals surface area (Å²) in [5.74, 6) is 1.88. The summed E-state index contributed by atoms with van der Waals surface area (Å²) >= 11 is 0. The minimum absolute atomic E-state index is 0.202. The third-order valence-corrected chi connectivity index (χ3v) is 4.75.